The molecule has 2 aromatic rings. The van der Waals surface area contributed by atoms with Crippen molar-refractivity contribution >= 4 is 22.0 Å². The van der Waals surface area contributed by atoms with E-state index in [2.05, 4.69) is 0 Å². The molecule has 0 aromatic heterocycles. The second-order valence-electron chi connectivity index (χ2n) is 4.55. The van der Waals surface area contributed by atoms with Crippen LogP contribution in [0.25, 0.3) is 12.2 Å². The molecule has 19 heavy (non-hydrogen) atoms. The zero-order valence-electron chi connectivity index (χ0n) is 10.3. The first-order valence-electron chi connectivity index (χ1n) is 5.86. The van der Waals surface area contributed by atoms with Crippen LogP contribution in [0.2, 0.25) is 0 Å². The van der Waals surface area contributed by atoms with Crippen molar-refractivity contribution < 1.29 is 13.5 Å². The van der Waals surface area contributed by atoms with Crippen molar-refractivity contribution in [3.8, 4) is 5.75 Å². The molecule has 0 aliphatic carbocycles. The average Bonchev–Trinajstić information content (AvgIpc) is 2.47. The number of aromatic hydroxyl groups is 1. The summed E-state index contributed by atoms with van der Waals surface area (Å²) < 4.78 is 25.3. The number of hydrogen-bond donors (Lipinski definition) is 1. The minimum absolute atomic E-state index is 0.0346. The van der Waals surface area contributed by atoms with Crippen molar-refractivity contribution in [1.82, 2.24) is 0 Å². The third kappa shape index (κ3) is 1.76. The first-order valence-corrected chi connectivity index (χ1v) is 7.34. The largest absolute Gasteiger partial charge is 0.508 e. The predicted octanol–water partition coefficient (Wildman–Crippen LogP) is 3.02. The molecule has 0 saturated carbocycles. The van der Waals surface area contributed by atoms with Crippen molar-refractivity contribution in [2.75, 3.05) is 0 Å². The Morgan fingerprint density at radius 3 is 2.53 bits per heavy atom. The van der Waals surface area contributed by atoms with Crippen molar-refractivity contribution in [3.05, 3.63) is 53.1 Å². The molecule has 1 aliphatic rings. The van der Waals surface area contributed by atoms with Crippen molar-refractivity contribution in [3.63, 3.8) is 0 Å². The van der Waals surface area contributed by atoms with E-state index in [0.717, 1.165) is 5.56 Å². The molecule has 0 radical (unpaired) electrons. The Labute approximate surface area is 111 Å². The maximum Gasteiger partial charge on any atom is 0.207 e. The van der Waals surface area contributed by atoms with Crippen LogP contribution in [0.5, 0.6) is 5.75 Å². The van der Waals surface area contributed by atoms with Crippen LogP contribution in [0.15, 0.2) is 46.2 Å². The van der Waals surface area contributed by atoms with E-state index >= 15 is 0 Å². The highest BCUT2D eigenvalue weighted by Gasteiger charge is 2.26. The highest BCUT2D eigenvalue weighted by Crippen LogP contribution is 2.35. The summed E-state index contributed by atoms with van der Waals surface area (Å²) in [5.74, 6) is -0.0346. The second kappa shape index (κ2) is 3.96. The van der Waals surface area contributed by atoms with Gasteiger partial charge in [-0.05, 0) is 41.8 Å². The van der Waals surface area contributed by atoms with Gasteiger partial charge in [0.25, 0.3) is 0 Å². The molecule has 96 valence electrons. The van der Waals surface area contributed by atoms with E-state index in [9.17, 15) is 13.5 Å². The van der Waals surface area contributed by atoms with Crippen LogP contribution in [-0.2, 0) is 9.84 Å². The molecule has 1 heterocycles. The van der Waals surface area contributed by atoms with Crippen LogP contribution >= 0.6 is 0 Å². The fraction of sp³-hybridized carbons (Fsp3) is 0.0667. The molecule has 3 nitrogen and oxygen atoms in total. The summed E-state index contributed by atoms with van der Waals surface area (Å²) in [6.45, 7) is 1.79. The maximum absolute atomic E-state index is 12.7. The van der Waals surface area contributed by atoms with Crippen LogP contribution < -0.4 is 0 Å². The first kappa shape index (κ1) is 12.0. The summed E-state index contributed by atoms with van der Waals surface area (Å²) in [6, 6.07) is 9.73. The summed E-state index contributed by atoms with van der Waals surface area (Å²) in [6.07, 6.45) is 3.58. The Kier molecular flexibility index (Phi) is 2.50. The van der Waals surface area contributed by atoms with Gasteiger partial charge in [0.1, 0.15) is 5.75 Å². The standard InChI is InChI=1S/C15H12O3S/c1-10-8-12(16)9-15-13(10)7-6-11-4-2-3-5-14(11)19(15,17)18/h2-9,16H,1H3. The van der Waals surface area contributed by atoms with Gasteiger partial charge >= 0.3 is 0 Å². The average molecular weight is 272 g/mol. The summed E-state index contributed by atoms with van der Waals surface area (Å²) in [5, 5.41) is 9.65. The molecule has 0 amide bonds. The van der Waals surface area contributed by atoms with Gasteiger partial charge in [-0.1, -0.05) is 30.4 Å². The predicted molar refractivity (Wildman–Crippen MR) is 73.7 cm³/mol. The monoisotopic (exact) mass is 272 g/mol. The highest BCUT2D eigenvalue weighted by molar-refractivity contribution is 7.91. The Hall–Kier alpha value is -2.07. The molecular formula is C15H12O3S. The molecule has 2 aromatic carbocycles. The number of aryl methyl sites for hydroxylation is 1. The van der Waals surface area contributed by atoms with Gasteiger partial charge in [0.2, 0.25) is 9.84 Å². The molecular weight excluding hydrogens is 260 g/mol. The number of fused-ring (bicyclic) bond motifs is 2. The van der Waals surface area contributed by atoms with E-state index in [4.69, 9.17) is 0 Å². The molecule has 3 rings (SSSR count). The van der Waals surface area contributed by atoms with Gasteiger partial charge in [0, 0.05) is 0 Å². The van der Waals surface area contributed by atoms with E-state index < -0.39 is 9.84 Å². The maximum atomic E-state index is 12.7. The lowest BCUT2D eigenvalue weighted by Crippen LogP contribution is -2.05. The molecule has 1 aliphatic heterocycles. The fourth-order valence-electron chi connectivity index (χ4n) is 2.34. The van der Waals surface area contributed by atoms with E-state index in [-0.39, 0.29) is 15.5 Å². The van der Waals surface area contributed by atoms with Crippen molar-refractivity contribution in [1.29, 1.82) is 0 Å². The smallest absolute Gasteiger partial charge is 0.207 e. The lowest BCUT2D eigenvalue weighted by Gasteiger charge is -2.10. The Bertz CT molecular complexity index is 802. The van der Waals surface area contributed by atoms with Gasteiger partial charge in [-0.25, -0.2) is 8.42 Å². The second-order valence-corrected chi connectivity index (χ2v) is 6.44. The van der Waals surface area contributed by atoms with E-state index in [0.29, 0.717) is 11.1 Å². The van der Waals surface area contributed by atoms with E-state index in [1.54, 1.807) is 49.4 Å². The third-order valence-corrected chi connectivity index (χ3v) is 5.13. The minimum atomic E-state index is -3.61. The van der Waals surface area contributed by atoms with Crippen molar-refractivity contribution in [2.24, 2.45) is 0 Å². The lowest BCUT2D eigenvalue weighted by molar-refractivity contribution is 0.472. The third-order valence-electron chi connectivity index (χ3n) is 3.26. The molecule has 0 unspecified atom stereocenters. The van der Waals surface area contributed by atoms with Crippen LogP contribution in [0.4, 0.5) is 0 Å². The molecule has 0 spiro atoms. The molecule has 0 bridgehead atoms. The van der Waals surface area contributed by atoms with Gasteiger partial charge in [-0.2, -0.15) is 0 Å². The topological polar surface area (TPSA) is 54.4 Å². The van der Waals surface area contributed by atoms with Gasteiger partial charge in [0.05, 0.1) is 9.79 Å². The minimum Gasteiger partial charge on any atom is -0.508 e. The lowest BCUT2D eigenvalue weighted by atomic mass is 10.1. The fourth-order valence-corrected chi connectivity index (χ4v) is 4.07. The summed E-state index contributed by atoms with van der Waals surface area (Å²) in [5.41, 5.74) is 2.04. The van der Waals surface area contributed by atoms with Gasteiger partial charge in [0.15, 0.2) is 0 Å². The Balaban J connectivity index is 2.45. The van der Waals surface area contributed by atoms with Crippen LogP contribution in [-0.4, -0.2) is 13.5 Å². The Morgan fingerprint density at radius 2 is 1.74 bits per heavy atom. The summed E-state index contributed by atoms with van der Waals surface area (Å²) >= 11 is 0. The number of benzene rings is 2. The van der Waals surface area contributed by atoms with Gasteiger partial charge < -0.3 is 5.11 Å². The zero-order valence-corrected chi connectivity index (χ0v) is 11.1. The molecule has 1 N–H and O–H groups in total. The number of sulfone groups is 1. The SMILES string of the molecule is Cc1cc(O)cc2c1C=Cc1ccccc1S2(=O)=O. The first-order chi connectivity index (χ1) is 9.00. The number of phenols is 1. The Morgan fingerprint density at radius 1 is 1.00 bits per heavy atom. The van der Waals surface area contributed by atoms with Crippen LogP contribution in [0.3, 0.4) is 0 Å². The summed E-state index contributed by atoms with van der Waals surface area (Å²) in [4.78, 5) is 0.432. The summed E-state index contributed by atoms with van der Waals surface area (Å²) in [7, 11) is -3.61. The quantitative estimate of drug-likeness (QED) is 0.684. The molecule has 0 atom stereocenters. The number of rotatable bonds is 0. The number of hydrogen-bond acceptors (Lipinski definition) is 3. The van der Waals surface area contributed by atoms with E-state index in [1.807, 2.05) is 0 Å². The van der Waals surface area contributed by atoms with Gasteiger partial charge in [-0.3, -0.25) is 0 Å². The van der Waals surface area contributed by atoms with Crippen molar-refractivity contribution in [2.45, 2.75) is 16.7 Å². The number of phenolic OH excluding ortho intramolecular Hbond substituents is 1. The highest BCUT2D eigenvalue weighted by atomic mass is 32.2. The van der Waals surface area contributed by atoms with Gasteiger partial charge in [-0.15, -0.1) is 0 Å². The van der Waals surface area contributed by atoms with Crippen LogP contribution in [0, 0.1) is 6.92 Å². The normalized spacial score (nSPS) is 15.4. The zero-order chi connectivity index (χ0) is 13.6. The molecule has 4 heteroatoms. The molecule has 0 fully saturated rings. The van der Waals surface area contributed by atoms with E-state index in [1.165, 1.54) is 6.07 Å². The van der Waals surface area contributed by atoms with Crippen LogP contribution in [0.1, 0.15) is 16.7 Å². The molecule has 0 saturated heterocycles.